The molecular formula is C12H16ClN3. The Bertz CT molecular complexity index is 409. The van der Waals surface area contributed by atoms with Crippen molar-refractivity contribution >= 4 is 23.2 Å². The van der Waals surface area contributed by atoms with Crippen molar-refractivity contribution in [3.63, 3.8) is 0 Å². The molecule has 0 bridgehead atoms. The lowest BCUT2D eigenvalue weighted by molar-refractivity contribution is 0.513. The van der Waals surface area contributed by atoms with Crippen molar-refractivity contribution in [2.75, 3.05) is 13.1 Å². The van der Waals surface area contributed by atoms with Gasteiger partial charge < -0.3 is 10.6 Å². The van der Waals surface area contributed by atoms with Gasteiger partial charge in [0.05, 0.1) is 5.69 Å². The molecule has 1 fully saturated rings. The molecular weight excluding hydrogens is 222 g/mol. The van der Waals surface area contributed by atoms with E-state index in [0.717, 1.165) is 24.3 Å². The first kappa shape index (κ1) is 11.3. The topological polar surface area (TPSA) is 41.6 Å². The van der Waals surface area contributed by atoms with E-state index in [1.54, 1.807) is 0 Å². The third kappa shape index (κ3) is 2.47. The van der Waals surface area contributed by atoms with Gasteiger partial charge in [-0.25, -0.2) is 4.99 Å². The molecule has 0 aromatic heterocycles. The van der Waals surface area contributed by atoms with Crippen LogP contribution in [0.2, 0.25) is 5.02 Å². The highest BCUT2D eigenvalue weighted by Crippen LogP contribution is 2.23. The Hall–Kier alpha value is -1.22. The van der Waals surface area contributed by atoms with Gasteiger partial charge in [0.25, 0.3) is 0 Å². The Morgan fingerprint density at radius 3 is 2.75 bits per heavy atom. The number of hydrogen-bond donors (Lipinski definition) is 1. The number of hydrogen-bond acceptors (Lipinski definition) is 1. The molecule has 1 aromatic rings. The van der Waals surface area contributed by atoms with Crippen LogP contribution in [0, 0.1) is 6.92 Å². The van der Waals surface area contributed by atoms with Gasteiger partial charge in [0.15, 0.2) is 5.96 Å². The molecule has 0 amide bonds. The lowest BCUT2D eigenvalue weighted by atomic mass is 10.2. The third-order valence-electron chi connectivity index (χ3n) is 2.84. The smallest absolute Gasteiger partial charge is 0.196 e. The molecule has 2 rings (SSSR count). The van der Waals surface area contributed by atoms with Crippen LogP contribution in [0.5, 0.6) is 0 Å². The predicted octanol–water partition coefficient (Wildman–Crippen LogP) is 2.69. The highest BCUT2D eigenvalue weighted by Gasteiger charge is 2.13. The molecule has 0 aliphatic carbocycles. The molecule has 0 saturated carbocycles. The SMILES string of the molecule is Cc1ccc(Cl)cc1N=C(N)N1CCCC1. The third-order valence-corrected chi connectivity index (χ3v) is 3.07. The molecule has 16 heavy (non-hydrogen) atoms. The molecule has 0 radical (unpaired) electrons. The fourth-order valence-electron chi connectivity index (χ4n) is 1.84. The second kappa shape index (κ2) is 4.74. The number of nitrogens with two attached hydrogens (primary N) is 1. The zero-order valence-electron chi connectivity index (χ0n) is 9.41. The Labute approximate surface area is 101 Å². The van der Waals surface area contributed by atoms with Crippen LogP contribution < -0.4 is 5.73 Å². The van der Waals surface area contributed by atoms with Crippen molar-refractivity contribution in [3.05, 3.63) is 28.8 Å². The molecule has 1 heterocycles. The largest absolute Gasteiger partial charge is 0.369 e. The summed E-state index contributed by atoms with van der Waals surface area (Å²) in [6.07, 6.45) is 2.40. The molecule has 3 nitrogen and oxygen atoms in total. The van der Waals surface area contributed by atoms with Gasteiger partial charge in [-0.05, 0) is 37.5 Å². The summed E-state index contributed by atoms with van der Waals surface area (Å²) < 4.78 is 0. The summed E-state index contributed by atoms with van der Waals surface area (Å²) in [4.78, 5) is 6.55. The summed E-state index contributed by atoms with van der Waals surface area (Å²) in [6.45, 7) is 4.02. The highest BCUT2D eigenvalue weighted by molar-refractivity contribution is 6.30. The predicted molar refractivity (Wildman–Crippen MR) is 68.3 cm³/mol. The Balaban J connectivity index is 2.23. The Morgan fingerprint density at radius 1 is 1.38 bits per heavy atom. The van der Waals surface area contributed by atoms with E-state index in [1.807, 2.05) is 25.1 Å². The van der Waals surface area contributed by atoms with Gasteiger partial charge in [-0.1, -0.05) is 17.7 Å². The van der Waals surface area contributed by atoms with Gasteiger partial charge in [-0.15, -0.1) is 0 Å². The molecule has 86 valence electrons. The van der Waals surface area contributed by atoms with Gasteiger partial charge in [0, 0.05) is 18.1 Å². The van der Waals surface area contributed by atoms with Crippen molar-refractivity contribution in [3.8, 4) is 0 Å². The summed E-state index contributed by atoms with van der Waals surface area (Å²) in [5.74, 6) is 0.600. The number of halogens is 1. The van der Waals surface area contributed by atoms with E-state index in [2.05, 4.69) is 9.89 Å². The monoisotopic (exact) mass is 237 g/mol. The van der Waals surface area contributed by atoms with E-state index in [0.29, 0.717) is 11.0 Å². The first-order valence-electron chi connectivity index (χ1n) is 5.52. The van der Waals surface area contributed by atoms with E-state index in [1.165, 1.54) is 12.8 Å². The number of likely N-dealkylation sites (tertiary alicyclic amines) is 1. The summed E-state index contributed by atoms with van der Waals surface area (Å²) in [6, 6.07) is 5.67. The van der Waals surface area contributed by atoms with Crippen LogP contribution in [0.15, 0.2) is 23.2 Å². The first-order valence-corrected chi connectivity index (χ1v) is 5.90. The van der Waals surface area contributed by atoms with Crippen LogP contribution in [0.3, 0.4) is 0 Å². The Morgan fingerprint density at radius 2 is 2.06 bits per heavy atom. The van der Waals surface area contributed by atoms with Crippen molar-refractivity contribution in [1.82, 2.24) is 4.90 Å². The summed E-state index contributed by atoms with van der Waals surface area (Å²) >= 11 is 5.94. The molecule has 4 heteroatoms. The zero-order chi connectivity index (χ0) is 11.5. The standard InChI is InChI=1S/C12H16ClN3/c1-9-4-5-10(13)8-11(9)15-12(14)16-6-2-3-7-16/h4-5,8H,2-3,6-7H2,1H3,(H2,14,15). The van der Waals surface area contributed by atoms with Crippen LogP contribution in [-0.2, 0) is 0 Å². The van der Waals surface area contributed by atoms with E-state index in [-0.39, 0.29) is 0 Å². The van der Waals surface area contributed by atoms with Crippen molar-refractivity contribution in [2.45, 2.75) is 19.8 Å². The van der Waals surface area contributed by atoms with Crippen LogP contribution >= 0.6 is 11.6 Å². The first-order chi connectivity index (χ1) is 7.66. The minimum Gasteiger partial charge on any atom is -0.369 e. The minimum absolute atomic E-state index is 0.600. The fraction of sp³-hybridized carbons (Fsp3) is 0.417. The second-order valence-corrected chi connectivity index (χ2v) is 4.53. The van der Waals surface area contributed by atoms with E-state index in [9.17, 15) is 0 Å². The number of guanidine groups is 1. The summed E-state index contributed by atoms with van der Waals surface area (Å²) in [5, 5.41) is 0.693. The zero-order valence-corrected chi connectivity index (χ0v) is 10.2. The quantitative estimate of drug-likeness (QED) is 0.603. The van der Waals surface area contributed by atoms with Crippen molar-refractivity contribution < 1.29 is 0 Å². The number of benzene rings is 1. The van der Waals surface area contributed by atoms with Crippen LogP contribution in [0.1, 0.15) is 18.4 Å². The van der Waals surface area contributed by atoms with Crippen LogP contribution in [-0.4, -0.2) is 23.9 Å². The molecule has 1 aliphatic rings. The highest BCUT2D eigenvalue weighted by atomic mass is 35.5. The molecule has 0 spiro atoms. The molecule has 0 unspecified atom stereocenters. The lowest BCUT2D eigenvalue weighted by Crippen LogP contribution is -2.34. The maximum Gasteiger partial charge on any atom is 0.196 e. The fourth-order valence-corrected chi connectivity index (χ4v) is 2.01. The minimum atomic E-state index is 0.600. The second-order valence-electron chi connectivity index (χ2n) is 4.09. The average molecular weight is 238 g/mol. The van der Waals surface area contributed by atoms with Gasteiger partial charge in [-0.2, -0.15) is 0 Å². The summed E-state index contributed by atoms with van der Waals surface area (Å²) in [5.41, 5.74) is 7.91. The van der Waals surface area contributed by atoms with E-state index in [4.69, 9.17) is 17.3 Å². The normalized spacial score (nSPS) is 16.9. The molecule has 0 atom stereocenters. The van der Waals surface area contributed by atoms with Gasteiger partial charge in [0.1, 0.15) is 0 Å². The van der Waals surface area contributed by atoms with Gasteiger partial charge in [0.2, 0.25) is 0 Å². The number of aliphatic imine (C=N–C) groups is 1. The number of nitrogens with zero attached hydrogens (tertiary/aromatic N) is 2. The summed E-state index contributed by atoms with van der Waals surface area (Å²) in [7, 11) is 0. The molecule has 1 saturated heterocycles. The number of rotatable bonds is 1. The van der Waals surface area contributed by atoms with Crippen LogP contribution in [0.4, 0.5) is 5.69 Å². The van der Waals surface area contributed by atoms with Crippen LogP contribution in [0.25, 0.3) is 0 Å². The van der Waals surface area contributed by atoms with Crippen molar-refractivity contribution in [2.24, 2.45) is 10.7 Å². The maximum atomic E-state index is 5.96. The maximum absolute atomic E-state index is 5.96. The Kier molecular flexibility index (Phi) is 3.34. The lowest BCUT2D eigenvalue weighted by Gasteiger charge is -2.16. The van der Waals surface area contributed by atoms with Gasteiger partial charge >= 0.3 is 0 Å². The van der Waals surface area contributed by atoms with Gasteiger partial charge in [-0.3, -0.25) is 0 Å². The number of aryl methyl sites for hydroxylation is 1. The molecule has 1 aromatic carbocycles. The van der Waals surface area contributed by atoms with E-state index < -0.39 is 0 Å². The molecule has 2 N–H and O–H groups in total. The van der Waals surface area contributed by atoms with Crippen molar-refractivity contribution in [1.29, 1.82) is 0 Å². The average Bonchev–Trinajstić information content (AvgIpc) is 2.76. The van der Waals surface area contributed by atoms with E-state index >= 15 is 0 Å². The molecule has 1 aliphatic heterocycles.